The van der Waals surface area contributed by atoms with E-state index in [1.165, 1.54) is 4.90 Å². The van der Waals surface area contributed by atoms with Crippen LogP contribution in [0.2, 0.25) is 0 Å². The van der Waals surface area contributed by atoms with E-state index in [4.69, 9.17) is 10.5 Å². The Bertz CT molecular complexity index is 1260. The second-order valence-electron chi connectivity index (χ2n) is 11.8. The molecule has 9 heteroatoms. The predicted octanol–water partition coefficient (Wildman–Crippen LogP) is 6.19. The molecule has 0 saturated carbocycles. The lowest BCUT2D eigenvalue weighted by atomic mass is 9.98. The minimum atomic E-state index is -1.33. The van der Waals surface area contributed by atoms with Crippen LogP contribution in [0.1, 0.15) is 94.5 Å². The molecule has 0 bridgehead atoms. The van der Waals surface area contributed by atoms with Crippen molar-refractivity contribution in [1.82, 2.24) is 10.2 Å². The number of amides is 4. The molecule has 0 spiro atoms. The van der Waals surface area contributed by atoms with Crippen molar-refractivity contribution in [3.8, 4) is 0 Å². The molecule has 0 aliphatic rings. The molecule has 0 aliphatic heterocycles. The summed E-state index contributed by atoms with van der Waals surface area (Å²) in [7, 11) is 0. The van der Waals surface area contributed by atoms with Crippen molar-refractivity contribution in [2.75, 3.05) is 11.9 Å². The number of unbranched alkanes of at least 4 members (excludes halogenated alkanes) is 4. The van der Waals surface area contributed by atoms with Gasteiger partial charge in [0.1, 0.15) is 17.7 Å². The van der Waals surface area contributed by atoms with Gasteiger partial charge in [0.2, 0.25) is 11.8 Å². The zero-order chi connectivity index (χ0) is 32.2. The van der Waals surface area contributed by atoms with Gasteiger partial charge in [-0.15, -0.1) is 0 Å². The minimum absolute atomic E-state index is 0.219. The van der Waals surface area contributed by atoms with Gasteiger partial charge in [0, 0.05) is 12.2 Å². The van der Waals surface area contributed by atoms with Crippen LogP contribution in [-0.4, -0.2) is 46.9 Å². The maximum atomic E-state index is 14.3. The summed E-state index contributed by atoms with van der Waals surface area (Å²) in [5.74, 6) is -1.80. The molecule has 4 amide bonds. The number of para-hydroxylation sites is 1. The lowest BCUT2D eigenvalue weighted by Gasteiger charge is -2.34. The Kier molecular flexibility index (Phi) is 13.4. The van der Waals surface area contributed by atoms with Crippen molar-refractivity contribution in [2.45, 2.75) is 97.8 Å². The van der Waals surface area contributed by atoms with E-state index in [0.717, 1.165) is 42.4 Å². The minimum Gasteiger partial charge on any atom is -0.444 e. The summed E-state index contributed by atoms with van der Waals surface area (Å²) in [5.41, 5.74) is 8.45. The van der Waals surface area contributed by atoms with E-state index in [0.29, 0.717) is 17.7 Å². The number of carbonyl (C=O) groups excluding carboxylic acids is 4. The number of primary amides is 1. The van der Waals surface area contributed by atoms with Crippen molar-refractivity contribution in [1.29, 1.82) is 0 Å². The van der Waals surface area contributed by atoms with Crippen LogP contribution in [0.25, 0.3) is 6.08 Å². The third-order valence-electron chi connectivity index (χ3n) is 6.93. The monoisotopic (exact) mass is 592 g/mol. The van der Waals surface area contributed by atoms with Gasteiger partial charge in [-0.05, 0) is 69.4 Å². The highest BCUT2D eigenvalue weighted by molar-refractivity contribution is 6.00. The van der Waals surface area contributed by atoms with Crippen LogP contribution in [0.4, 0.5) is 10.5 Å². The lowest BCUT2D eigenvalue weighted by Crippen LogP contribution is -2.53. The van der Waals surface area contributed by atoms with Crippen molar-refractivity contribution in [3.63, 3.8) is 0 Å². The average Bonchev–Trinajstić information content (AvgIpc) is 2.92. The molecule has 2 rings (SSSR count). The topological polar surface area (TPSA) is 131 Å². The summed E-state index contributed by atoms with van der Waals surface area (Å²) in [5, 5.41) is 5.58. The first-order chi connectivity index (χ1) is 20.3. The van der Waals surface area contributed by atoms with Crippen LogP contribution in [0.15, 0.2) is 49.0 Å². The maximum absolute atomic E-state index is 14.3. The Morgan fingerprint density at radius 1 is 1.00 bits per heavy atom. The normalized spacial score (nSPS) is 12.5. The van der Waals surface area contributed by atoms with Crippen LogP contribution in [-0.2, 0) is 19.1 Å². The van der Waals surface area contributed by atoms with E-state index in [1.54, 1.807) is 39.0 Å². The second-order valence-corrected chi connectivity index (χ2v) is 11.8. The molecular weight excluding hydrogens is 544 g/mol. The zero-order valence-electron chi connectivity index (χ0n) is 26.5. The van der Waals surface area contributed by atoms with E-state index in [-0.39, 0.29) is 6.54 Å². The Balaban J connectivity index is 2.62. The highest BCUT2D eigenvalue weighted by Crippen LogP contribution is 2.28. The van der Waals surface area contributed by atoms with Crippen LogP contribution >= 0.6 is 0 Å². The first-order valence-electron chi connectivity index (χ1n) is 14.9. The van der Waals surface area contributed by atoms with Crippen molar-refractivity contribution in [3.05, 3.63) is 71.3 Å². The SMILES string of the molecule is C=Cc1cccc(C(C(=O)Nc2c(C)cccc2C)N(CCCCCCC)C(=O)C(CC(N)=O)NC(=O)OC(C)(C)C)c1. The number of hydrogen-bond donors (Lipinski definition) is 3. The Morgan fingerprint density at radius 2 is 1.63 bits per heavy atom. The summed E-state index contributed by atoms with van der Waals surface area (Å²) in [6, 6.07) is 10.6. The number of anilines is 1. The molecule has 4 N–H and O–H groups in total. The summed E-state index contributed by atoms with van der Waals surface area (Å²) < 4.78 is 5.37. The zero-order valence-corrected chi connectivity index (χ0v) is 26.5. The van der Waals surface area contributed by atoms with Gasteiger partial charge >= 0.3 is 6.09 Å². The van der Waals surface area contributed by atoms with Crippen molar-refractivity contribution in [2.24, 2.45) is 5.73 Å². The van der Waals surface area contributed by atoms with E-state index < -0.39 is 47.9 Å². The van der Waals surface area contributed by atoms with Gasteiger partial charge in [-0.2, -0.15) is 0 Å². The Hall–Kier alpha value is -4.14. The van der Waals surface area contributed by atoms with E-state index in [9.17, 15) is 19.2 Å². The third-order valence-corrected chi connectivity index (χ3v) is 6.93. The van der Waals surface area contributed by atoms with E-state index in [1.807, 2.05) is 44.2 Å². The van der Waals surface area contributed by atoms with Gasteiger partial charge in [-0.25, -0.2) is 4.79 Å². The number of hydrogen-bond acceptors (Lipinski definition) is 5. The largest absolute Gasteiger partial charge is 0.444 e. The number of benzene rings is 2. The van der Waals surface area contributed by atoms with Crippen LogP contribution in [0.5, 0.6) is 0 Å². The molecule has 0 saturated heterocycles. The summed E-state index contributed by atoms with van der Waals surface area (Å²) in [6.07, 6.45) is 4.90. The van der Waals surface area contributed by atoms with Gasteiger partial charge in [0.05, 0.1) is 6.42 Å². The van der Waals surface area contributed by atoms with E-state index >= 15 is 0 Å². The first-order valence-corrected chi connectivity index (χ1v) is 14.9. The Morgan fingerprint density at radius 3 is 2.21 bits per heavy atom. The molecule has 234 valence electrons. The fraction of sp³-hybridized carbons (Fsp3) is 0.471. The summed E-state index contributed by atoms with van der Waals surface area (Å²) in [4.78, 5) is 54.8. The smallest absolute Gasteiger partial charge is 0.408 e. The molecule has 0 radical (unpaired) electrons. The molecule has 43 heavy (non-hydrogen) atoms. The average molecular weight is 593 g/mol. The number of nitrogens with one attached hydrogen (secondary N) is 2. The third kappa shape index (κ3) is 11.2. The van der Waals surface area contributed by atoms with Crippen LogP contribution in [0, 0.1) is 13.8 Å². The molecule has 0 aliphatic carbocycles. The fourth-order valence-corrected chi connectivity index (χ4v) is 4.84. The fourth-order valence-electron chi connectivity index (χ4n) is 4.84. The lowest BCUT2D eigenvalue weighted by molar-refractivity contribution is -0.142. The number of alkyl carbamates (subject to hydrolysis) is 1. The van der Waals surface area contributed by atoms with Gasteiger partial charge < -0.3 is 26.0 Å². The van der Waals surface area contributed by atoms with Gasteiger partial charge in [-0.1, -0.05) is 81.7 Å². The number of nitrogens with zero attached hydrogens (tertiary/aromatic N) is 1. The molecule has 2 aromatic carbocycles. The number of carbonyl (C=O) groups is 4. The van der Waals surface area contributed by atoms with Gasteiger partial charge in [-0.3, -0.25) is 14.4 Å². The second kappa shape index (κ2) is 16.5. The molecule has 2 unspecified atom stereocenters. The number of aryl methyl sites for hydroxylation is 2. The molecule has 0 aromatic heterocycles. The number of ether oxygens (including phenoxy) is 1. The van der Waals surface area contributed by atoms with Crippen LogP contribution in [0.3, 0.4) is 0 Å². The summed E-state index contributed by atoms with van der Waals surface area (Å²) >= 11 is 0. The van der Waals surface area contributed by atoms with Gasteiger partial charge in [0.25, 0.3) is 5.91 Å². The first kappa shape index (κ1) is 35.1. The van der Waals surface area contributed by atoms with Crippen LogP contribution < -0.4 is 16.4 Å². The van der Waals surface area contributed by atoms with Crippen molar-refractivity contribution < 1.29 is 23.9 Å². The number of rotatable bonds is 15. The highest BCUT2D eigenvalue weighted by Gasteiger charge is 2.37. The quantitative estimate of drug-likeness (QED) is 0.212. The van der Waals surface area contributed by atoms with Gasteiger partial charge in [0.15, 0.2) is 0 Å². The van der Waals surface area contributed by atoms with E-state index in [2.05, 4.69) is 24.1 Å². The standard InChI is InChI=1S/C34H48N4O5/c1-8-10-11-12-13-20-38(32(41)27(22-28(35)39)36-33(42)43-34(5,6)7)30(26-19-15-18-25(9-2)21-26)31(40)37-29-23(3)16-14-17-24(29)4/h9,14-19,21,27,30H,2,8,10-13,20,22H2,1,3-7H3,(H2,35,39)(H,36,42)(H,37,40). The molecular formula is C34H48N4O5. The molecule has 0 heterocycles. The molecule has 2 atom stereocenters. The molecule has 0 fully saturated rings. The molecule has 2 aromatic rings. The molecule has 9 nitrogen and oxygen atoms in total. The highest BCUT2D eigenvalue weighted by atomic mass is 16.6. The predicted molar refractivity (Wildman–Crippen MR) is 171 cm³/mol. The van der Waals surface area contributed by atoms with Crippen molar-refractivity contribution >= 4 is 35.6 Å². The Labute approximate surface area is 256 Å². The number of nitrogens with two attached hydrogens (primary N) is 1. The summed E-state index contributed by atoms with van der Waals surface area (Å²) in [6.45, 7) is 15.1. The maximum Gasteiger partial charge on any atom is 0.408 e.